The summed E-state index contributed by atoms with van der Waals surface area (Å²) in [6.07, 6.45) is 0.753. The van der Waals surface area contributed by atoms with Crippen molar-refractivity contribution in [1.82, 2.24) is 25.5 Å². The number of fused-ring (bicyclic) bond motifs is 2. The number of carbonyl (C=O) groups excluding carboxylic acids is 1. The molecule has 0 saturated carbocycles. The Morgan fingerprint density at radius 1 is 1.19 bits per heavy atom. The van der Waals surface area contributed by atoms with Crippen LogP contribution >= 0.6 is 0 Å². The highest BCUT2D eigenvalue weighted by Crippen LogP contribution is 2.27. The average Bonchev–Trinajstić information content (AvgIpc) is 3.24. The molecule has 0 aliphatic carbocycles. The van der Waals surface area contributed by atoms with E-state index in [0.29, 0.717) is 30.2 Å². The molecular formula is C19H20N6O. The zero-order valence-electron chi connectivity index (χ0n) is 14.5. The molecule has 0 bridgehead atoms. The van der Waals surface area contributed by atoms with E-state index in [2.05, 4.69) is 31.5 Å². The Labute approximate surface area is 150 Å². The first-order valence-electron chi connectivity index (χ1n) is 8.59. The number of benzene rings is 2. The van der Waals surface area contributed by atoms with Gasteiger partial charge in [-0.25, -0.2) is 4.98 Å². The van der Waals surface area contributed by atoms with Crippen molar-refractivity contribution in [2.45, 2.75) is 13.3 Å². The molecule has 2 aromatic carbocycles. The van der Waals surface area contributed by atoms with E-state index in [1.807, 2.05) is 31.2 Å². The first kappa shape index (κ1) is 16.3. The van der Waals surface area contributed by atoms with Crippen LogP contribution in [0.15, 0.2) is 36.4 Å². The summed E-state index contributed by atoms with van der Waals surface area (Å²) in [6, 6.07) is 11.5. The highest BCUT2D eigenvalue weighted by Gasteiger charge is 2.15. The van der Waals surface area contributed by atoms with E-state index in [9.17, 15) is 4.79 Å². The van der Waals surface area contributed by atoms with Crippen molar-refractivity contribution in [1.29, 1.82) is 0 Å². The van der Waals surface area contributed by atoms with Gasteiger partial charge < -0.3 is 16.0 Å². The smallest absolute Gasteiger partial charge is 0.251 e. The standard InChI is InChI=1S/C19H20N6O/c1-11-3-5-15-16(9-11)23-18(22-15)17-13-10-12(4-6-14(13)24-25-17)19(26)21-8-2-7-20/h3-6,9-10H,2,7-8,20H2,1H3,(H,21,26)(H,22,23)(H,24,25). The van der Waals surface area contributed by atoms with Gasteiger partial charge in [0.2, 0.25) is 0 Å². The third kappa shape index (κ3) is 2.93. The van der Waals surface area contributed by atoms with Gasteiger partial charge in [-0.2, -0.15) is 5.10 Å². The number of nitrogens with zero attached hydrogens (tertiary/aromatic N) is 2. The van der Waals surface area contributed by atoms with E-state index in [1.54, 1.807) is 6.07 Å². The van der Waals surface area contributed by atoms with Gasteiger partial charge in [-0.05, 0) is 55.8 Å². The van der Waals surface area contributed by atoms with Crippen LogP contribution in [0.3, 0.4) is 0 Å². The number of imidazole rings is 1. The Morgan fingerprint density at radius 2 is 2.08 bits per heavy atom. The highest BCUT2D eigenvalue weighted by atomic mass is 16.1. The number of rotatable bonds is 5. The van der Waals surface area contributed by atoms with E-state index in [4.69, 9.17) is 5.73 Å². The molecule has 0 aliphatic rings. The van der Waals surface area contributed by atoms with E-state index in [1.165, 1.54) is 0 Å². The van der Waals surface area contributed by atoms with E-state index < -0.39 is 0 Å². The molecule has 2 aromatic heterocycles. The number of nitrogens with one attached hydrogen (secondary N) is 3. The van der Waals surface area contributed by atoms with Gasteiger partial charge in [-0.3, -0.25) is 9.89 Å². The first-order chi connectivity index (χ1) is 12.7. The Balaban J connectivity index is 1.72. The summed E-state index contributed by atoms with van der Waals surface area (Å²) in [7, 11) is 0. The van der Waals surface area contributed by atoms with Crippen LogP contribution in [0.2, 0.25) is 0 Å². The minimum absolute atomic E-state index is 0.118. The fraction of sp³-hybridized carbons (Fsp3) is 0.211. The molecule has 0 fully saturated rings. The molecule has 4 rings (SSSR count). The molecule has 5 N–H and O–H groups in total. The summed E-state index contributed by atoms with van der Waals surface area (Å²) in [6.45, 7) is 3.16. The van der Waals surface area contributed by atoms with Crippen molar-refractivity contribution >= 4 is 27.8 Å². The Bertz CT molecular complexity index is 1090. The van der Waals surface area contributed by atoms with Crippen molar-refractivity contribution < 1.29 is 4.79 Å². The second kappa shape index (κ2) is 6.61. The molecule has 26 heavy (non-hydrogen) atoms. The number of H-pyrrole nitrogens is 2. The third-order valence-corrected chi connectivity index (χ3v) is 4.35. The molecule has 1 amide bonds. The predicted molar refractivity (Wildman–Crippen MR) is 102 cm³/mol. The number of aryl methyl sites for hydroxylation is 1. The van der Waals surface area contributed by atoms with Crippen LogP contribution in [0.25, 0.3) is 33.5 Å². The zero-order chi connectivity index (χ0) is 18.1. The third-order valence-electron chi connectivity index (χ3n) is 4.35. The molecule has 0 saturated heterocycles. The lowest BCUT2D eigenvalue weighted by Gasteiger charge is -2.04. The van der Waals surface area contributed by atoms with Gasteiger partial charge in [0.1, 0.15) is 5.69 Å². The molecule has 4 aromatic rings. The van der Waals surface area contributed by atoms with Gasteiger partial charge in [0, 0.05) is 17.5 Å². The second-order valence-corrected chi connectivity index (χ2v) is 6.34. The lowest BCUT2D eigenvalue weighted by molar-refractivity contribution is 0.0953. The quantitative estimate of drug-likeness (QED) is 0.415. The highest BCUT2D eigenvalue weighted by molar-refractivity contribution is 6.01. The molecule has 7 heteroatoms. The number of carbonyl (C=O) groups is 1. The zero-order valence-corrected chi connectivity index (χ0v) is 14.5. The number of aromatic amines is 2. The van der Waals surface area contributed by atoms with Crippen LogP contribution in [-0.4, -0.2) is 39.2 Å². The van der Waals surface area contributed by atoms with E-state index in [-0.39, 0.29) is 5.91 Å². The van der Waals surface area contributed by atoms with Gasteiger partial charge in [0.15, 0.2) is 5.82 Å². The maximum Gasteiger partial charge on any atom is 0.251 e. The maximum atomic E-state index is 12.3. The molecule has 2 heterocycles. The molecule has 0 radical (unpaired) electrons. The van der Waals surface area contributed by atoms with E-state index >= 15 is 0 Å². The molecule has 0 spiro atoms. The van der Waals surface area contributed by atoms with Crippen molar-refractivity contribution in [3.8, 4) is 11.5 Å². The Kier molecular flexibility index (Phi) is 4.14. The summed E-state index contributed by atoms with van der Waals surface area (Å²) in [5.74, 6) is 0.560. The molecule has 0 aliphatic heterocycles. The number of aromatic nitrogens is 4. The predicted octanol–water partition coefficient (Wildman–Crippen LogP) is 2.49. The summed E-state index contributed by atoms with van der Waals surface area (Å²) in [5.41, 5.74) is 10.6. The van der Waals surface area contributed by atoms with Crippen molar-refractivity contribution in [2.75, 3.05) is 13.1 Å². The fourth-order valence-electron chi connectivity index (χ4n) is 2.98. The largest absolute Gasteiger partial charge is 0.352 e. The van der Waals surface area contributed by atoms with Gasteiger partial charge >= 0.3 is 0 Å². The molecule has 0 atom stereocenters. The first-order valence-corrected chi connectivity index (χ1v) is 8.59. The van der Waals surface area contributed by atoms with Crippen LogP contribution in [0.1, 0.15) is 22.3 Å². The van der Waals surface area contributed by atoms with Crippen molar-refractivity contribution in [3.05, 3.63) is 47.5 Å². The number of nitrogens with two attached hydrogens (primary N) is 1. The van der Waals surface area contributed by atoms with Crippen LogP contribution < -0.4 is 11.1 Å². The summed E-state index contributed by atoms with van der Waals surface area (Å²) in [4.78, 5) is 20.2. The number of hydrogen-bond acceptors (Lipinski definition) is 4. The van der Waals surface area contributed by atoms with Gasteiger partial charge in [-0.15, -0.1) is 0 Å². The Morgan fingerprint density at radius 3 is 2.92 bits per heavy atom. The summed E-state index contributed by atoms with van der Waals surface area (Å²) < 4.78 is 0. The molecular weight excluding hydrogens is 328 g/mol. The van der Waals surface area contributed by atoms with Crippen LogP contribution in [0.5, 0.6) is 0 Å². The SMILES string of the molecule is Cc1ccc2nc(-c3n[nH]c4ccc(C(=O)NCCCN)cc34)[nH]c2c1. The lowest BCUT2D eigenvalue weighted by Crippen LogP contribution is -2.25. The van der Waals surface area contributed by atoms with Crippen molar-refractivity contribution in [2.24, 2.45) is 5.73 Å². The van der Waals surface area contributed by atoms with Crippen molar-refractivity contribution in [3.63, 3.8) is 0 Å². The Hall–Kier alpha value is -3.19. The second-order valence-electron chi connectivity index (χ2n) is 6.34. The van der Waals surface area contributed by atoms with Crippen LogP contribution in [0.4, 0.5) is 0 Å². The molecule has 0 unspecified atom stereocenters. The van der Waals surface area contributed by atoms with Crippen LogP contribution in [0, 0.1) is 6.92 Å². The molecule has 132 valence electrons. The summed E-state index contributed by atoms with van der Waals surface area (Å²) >= 11 is 0. The average molecular weight is 348 g/mol. The monoisotopic (exact) mass is 348 g/mol. The fourth-order valence-corrected chi connectivity index (χ4v) is 2.98. The normalized spacial score (nSPS) is 11.3. The minimum atomic E-state index is -0.118. The minimum Gasteiger partial charge on any atom is -0.352 e. The topological polar surface area (TPSA) is 112 Å². The van der Waals surface area contributed by atoms with E-state index in [0.717, 1.165) is 33.9 Å². The van der Waals surface area contributed by atoms with Crippen LogP contribution in [-0.2, 0) is 0 Å². The lowest BCUT2D eigenvalue weighted by atomic mass is 10.1. The number of amides is 1. The van der Waals surface area contributed by atoms with Gasteiger partial charge in [-0.1, -0.05) is 6.07 Å². The van der Waals surface area contributed by atoms with Gasteiger partial charge in [0.25, 0.3) is 5.91 Å². The molecule has 7 nitrogen and oxygen atoms in total. The summed E-state index contributed by atoms with van der Waals surface area (Å²) in [5, 5.41) is 11.1. The number of hydrogen-bond donors (Lipinski definition) is 4. The maximum absolute atomic E-state index is 12.3. The van der Waals surface area contributed by atoms with Gasteiger partial charge in [0.05, 0.1) is 16.6 Å².